The van der Waals surface area contributed by atoms with Gasteiger partial charge in [0.1, 0.15) is 0 Å². The summed E-state index contributed by atoms with van der Waals surface area (Å²) in [5.74, 6) is 0. The van der Waals surface area contributed by atoms with E-state index in [1.807, 2.05) is 11.3 Å². The van der Waals surface area contributed by atoms with Crippen LogP contribution in [0, 0.1) is 0 Å². The molecule has 3 heteroatoms. The van der Waals surface area contributed by atoms with Gasteiger partial charge in [-0.15, -0.1) is 11.3 Å². The molecule has 0 fully saturated rings. The zero-order valence-corrected chi connectivity index (χ0v) is 11.6. The van der Waals surface area contributed by atoms with E-state index < -0.39 is 0 Å². The summed E-state index contributed by atoms with van der Waals surface area (Å²) in [4.78, 5) is 1.45. The lowest BCUT2D eigenvalue weighted by Crippen LogP contribution is -2.20. The Kier molecular flexibility index (Phi) is 3.27. The van der Waals surface area contributed by atoms with Crippen LogP contribution in [0.1, 0.15) is 54.4 Å². The summed E-state index contributed by atoms with van der Waals surface area (Å²) in [6.07, 6.45) is 6.91. The molecular formula is C15H20N2S. The lowest BCUT2D eigenvalue weighted by molar-refractivity contribution is 0.506. The van der Waals surface area contributed by atoms with Crippen molar-refractivity contribution < 1.29 is 0 Å². The number of aromatic nitrogens is 1. The topological polar surface area (TPSA) is 30.9 Å². The zero-order chi connectivity index (χ0) is 12.5. The van der Waals surface area contributed by atoms with Crippen LogP contribution in [0.15, 0.2) is 29.8 Å². The van der Waals surface area contributed by atoms with Gasteiger partial charge in [0, 0.05) is 22.8 Å². The molecule has 1 aliphatic rings. The molecule has 0 bridgehead atoms. The van der Waals surface area contributed by atoms with E-state index in [0.717, 1.165) is 12.8 Å². The van der Waals surface area contributed by atoms with Gasteiger partial charge in [-0.25, -0.2) is 0 Å². The summed E-state index contributed by atoms with van der Waals surface area (Å²) in [6.45, 7) is 2.26. The molecule has 0 aromatic carbocycles. The molecule has 3 rings (SSSR count). The number of thiophene rings is 1. The number of rotatable bonds is 3. The van der Waals surface area contributed by atoms with E-state index >= 15 is 0 Å². The summed E-state index contributed by atoms with van der Waals surface area (Å²) in [7, 11) is 0. The van der Waals surface area contributed by atoms with E-state index in [1.54, 1.807) is 0 Å². The summed E-state index contributed by atoms with van der Waals surface area (Å²) in [6, 6.07) is 7.35. The third-order valence-corrected chi connectivity index (χ3v) is 4.96. The van der Waals surface area contributed by atoms with Crippen LogP contribution in [0.3, 0.4) is 0 Å². The number of hydrogen-bond acceptors (Lipinski definition) is 2. The van der Waals surface area contributed by atoms with Crippen LogP contribution in [-0.2, 0) is 6.42 Å². The fourth-order valence-electron chi connectivity index (χ4n) is 3.06. The molecule has 2 aromatic heterocycles. The molecule has 2 nitrogen and oxygen atoms in total. The van der Waals surface area contributed by atoms with Gasteiger partial charge < -0.3 is 10.3 Å². The van der Waals surface area contributed by atoms with Crippen molar-refractivity contribution in [3.63, 3.8) is 0 Å². The molecule has 2 aromatic rings. The van der Waals surface area contributed by atoms with Crippen LogP contribution >= 0.6 is 11.3 Å². The Labute approximate surface area is 112 Å². The normalized spacial score (nSPS) is 20.7. The maximum Gasteiger partial charge on any atom is 0.0672 e. The first-order chi connectivity index (χ1) is 8.81. The maximum atomic E-state index is 6.21. The Morgan fingerprint density at radius 1 is 1.50 bits per heavy atom. The second-order valence-electron chi connectivity index (χ2n) is 5.06. The Morgan fingerprint density at radius 3 is 3.11 bits per heavy atom. The summed E-state index contributed by atoms with van der Waals surface area (Å²) in [5, 5.41) is 2.17. The third-order valence-electron chi connectivity index (χ3n) is 3.98. The maximum absolute atomic E-state index is 6.21. The van der Waals surface area contributed by atoms with Crippen LogP contribution in [0.25, 0.3) is 0 Å². The van der Waals surface area contributed by atoms with Gasteiger partial charge in [-0.2, -0.15) is 0 Å². The highest BCUT2D eigenvalue weighted by atomic mass is 32.1. The molecule has 0 spiro atoms. The van der Waals surface area contributed by atoms with Gasteiger partial charge in [0.05, 0.1) is 6.04 Å². The van der Waals surface area contributed by atoms with Crippen LogP contribution in [0.5, 0.6) is 0 Å². The second kappa shape index (κ2) is 4.90. The lowest BCUT2D eigenvalue weighted by Gasteiger charge is -2.24. The fourth-order valence-corrected chi connectivity index (χ4v) is 3.97. The van der Waals surface area contributed by atoms with Crippen molar-refractivity contribution >= 4 is 11.3 Å². The minimum Gasteiger partial charge on any atom is -0.343 e. The van der Waals surface area contributed by atoms with E-state index in [4.69, 9.17) is 5.73 Å². The highest BCUT2D eigenvalue weighted by Gasteiger charge is 2.23. The number of hydrogen-bond donors (Lipinski definition) is 1. The Bertz CT molecular complexity index is 513. The van der Waals surface area contributed by atoms with E-state index in [-0.39, 0.29) is 6.04 Å². The molecule has 0 radical (unpaired) electrons. The fraction of sp³-hybridized carbons (Fsp3) is 0.467. The SMILES string of the molecule is CCC(c1cccs1)n1ccc2c1CCCC2N. The van der Waals surface area contributed by atoms with Gasteiger partial charge in [-0.3, -0.25) is 0 Å². The zero-order valence-electron chi connectivity index (χ0n) is 10.8. The van der Waals surface area contributed by atoms with E-state index in [9.17, 15) is 0 Å². The average Bonchev–Trinajstić information content (AvgIpc) is 3.01. The molecule has 0 saturated carbocycles. The molecule has 18 heavy (non-hydrogen) atoms. The highest BCUT2D eigenvalue weighted by Crippen LogP contribution is 2.34. The quantitative estimate of drug-likeness (QED) is 0.892. The molecule has 0 saturated heterocycles. The van der Waals surface area contributed by atoms with E-state index in [1.165, 1.54) is 29.0 Å². The minimum absolute atomic E-state index is 0.246. The monoisotopic (exact) mass is 260 g/mol. The van der Waals surface area contributed by atoms with Gasteiger partial charge in [0.2, 0.25) is 0 Å². The summed E-state index contributed by atoms with van der Waals surface area (Å²) in [5.41, 5.74) is 9.05. The van der Waals surface area contributed by atoms with Crippen LogP contribution < -0.4 is 5.73 Å². The van der Waals surface area contributed by atoms with Crippen molar-refractivity contribution in [1.82, 2.24) is 4.57 Å². The van der Waals surface area contributed by atoms with Crippen LogP contribution in [0.4, 0.5) is 0 Å². The van der Waals surface area contributed by atoms with E-state index in [0.29, 0.717) is 6.04 Å². The second-order valence-corrected chi connectivity index (χ2v) is 6.04. The number of fused-ring (bicyclic) bond motifs is 1. The predicted octanol–water partition coefficient (Wildman–Crippen LogP) is 3.89. The highest BCUT2D eigenvalue weighted by molar-refractivity contribution is 7.10. The molecule has 1 aliphatic carbocycles. The van der Waals surface area contributed by atoms with Gasteiger partial charge in [0.25, 0.3) is 0 Å². The van der Waals surface area contributed by atoms with Gasteiger partial charge >= 0.3 is 0 Å². The van der Waals surface area contributed by atoms with Crippen molar-refractivity contribution in [3.8, 4) is 0 Å². The Morgan fingerprint density at radius 2 is 2.39 bits per heavy atom. The molecular weight excluding hydrogens is 240 g/mol. The first-order valence-electron chi connectivity index (χ1n) is 6.80. The molecule has 96 valence electrons. The molecule has 2 N–H and O–H groups in total. The minimum atomic E-state index is 0.246. The average molecular weight is 260 g/mol. The summed E-state index contributed by atoms with van der Waals surface area (Å²) >= 11 is 1.85. The molecule has 2 heterocycles. The molecule has 0 amide bonds. The molecule has 0 aliphatic heterocycles. The third kappa shape index (κ3) is 1.91. The van der Waals surface area contributed by atoms with Crippen molar-refractivity contribution in [2.75, 3.05) is 0 Å². The number of nitrogens with two attached hydrogens (primary N) is 1. The lowest BCUT2D eigenvalue weighted by atomic mass is 9.93. The van der Waals surface area contributed by atoms with Crippen molar-refractivity contribution in [2.24, 2.45) is 5.73 Å². The van der Waals surface area contributed by atoms with Crippen molar-refractivity contribution in [1.29, 1.82) is 0 Å². The molecule has 2 atom stereocenters. The first-order valence-corrected chi connectivity index (χ1v) is 7.67. The largest absolute Gasteiger partial charge is 0.343 e. The summed E-state index contributed by atoms with van der Waals surface area (Å²) < 4.78 is 2.46. The smallest absolute Gasteiger partial charge is 0.0672 e. The van der Waals surface area contributed by atoms with Crippen LogP contribution in [0.2, 0.25) is 0 Å². The molecule has 2 unspecified atom stereocenters. The first kappa shape index (κ1) is 12.0. The van der Waals surface area contributed by atoms with Gasteiger partial charge in [0.15, 0.2) is 0 Å². The van der Waals surface area contributed by atoms with Crippen molar-refractivity contribution in [2.45, 2.75) is 44.7 Å². The standard InChI is InChI=1S/C15H20N2S/c1-2-13(15-7-4-10-18-15)17-9-8-11-12(16)5-3-6-14(11)17/h4,7-10,12-13H,2-3,5-6,16H2,1H3. The van der Waals surface area contributed by atoms with Gasteiger partial charge in [-0.05, 0) is 48.8 Å². The predicted molar refractivity (Wildman–Crippen MR) is 77.0 cm³/mol. The van der Waals surface area contributed by atoms with Gasteiger partial charge in [-0.1, -0.05) is 13.0 Å². The van der Waals surface area contributed by atoms with E-state index in [2.05, 4.69) is 41.3 Å². The number of nitrogens with zero attached hydrogens (tertiary/aromatic N) is 1. The van der Waals surface area contributed by atoms with Crippen molar-refractivity contribution in [3.05, 3.63) is 45.9 Å². The van der Waals surface area contributed by atoms with Crippen LogP contribution in [-0.4, -0.2) is 4.57 Å². The Hall–Kier alpha value is -1.06. The Balaban J connectivity index is 2.01.